The number of aryl methyl sites for hydroxylation is 1. The molecule has 1 nitrogen and oxygen atoms in total. The van der Waals surface area contributed by atoms with E-state index in [1.54, 1.807) is 0 Å². The molecule has 0 heterocycles. The van der Waals surface area contributed by atoms with Crippen LogP contribution in [0.25, 0.3) is 0 Å². The van der Waals surface area contributed by atoms with Crippen LogP contribution in [0.15, 0.2) is 18.2 Å². The summed E-state index contributed by atoms with van der Waals surface area (Å²) in [5.41, 5.74) is 4.22. The van der Waals surface area contributed by atoms with Gasteiger partial charge in [-0.15, -0.1) is 0 Å². The fourth-order valence-electron chi connectivity index (χ4n) is 2.35. The molecule has 17 heavy (non-hydrogen) atoms. The lowest BCUT2D eigenvalue weighted by atomic mass is 10.1. The second-order valence-electron chi connectivity index (χ2n) is 5.14. The number of anilines is 1. The molecule has 0 amide bonds. The topological polar surface area (TPSA) is 3.24 Å². The average Bonchev–Trinajstić information content (AvgIpc) is 3.12. The molecule has 2 rings (SSSR count). The maximum atomic E-state index is 3.52. The predicted molar refractivity (Wildman–Crippen MR) is 79.0 cm³/mol. The van der Waals surface area contributed by atoms with Gasteiger partial charge >= 0.3 is 0 Å². The van der Waals surface area contributed by atoms with E-state index >= 15 is 0 Å². The monoisotopic (exact) mass is 295 g/mol. The quantitative estimate of drug-likeness (QED) is 0.698. The summed E-state index contributed by atoms with van der Waals surface area (Å²) in [6.45, 7) is 6.94. The molecule has 1 aliphatic rings. The Morgan fingerprint density at radius 3 is 2.65 bits per heavy atom. The third kappa shape index (κ3) is 3.48. The first-order chi connectivity index (χ1) is 8.24. The summed E-state index contributed by atoms with van der Waals surface area (Å²) in [7, 11) is 0. The maximum Gasteiger partial charge on any atom is 0.0396 e. The summed E-state index contributed by atoms with van der Waals surface area (Å²) in [6, 6.07) is 6.84. The summed E-state index contributed by atoms with van der Waals surface area (Å²) in [5.74, 6) is 0.955. The second-order valence-corrected chi connectivity index (χ2v) is 5.70. The third-order valence-electron chi connectivity index (χ3n) is 3.43. The fourth-order valence-corrected chi connectivity index (χ4v) is 2.70. The molecule has 0 saturated heterocycles. The van der Waals surface area contributed by atoms with E-state index in [-0.39, 0.29) is 0 Å². The van der Waals surface area contributed by atoms with Crippen molar-refractivity contribution in [1.82, 2.24) is 0 Å². The van der Waals surface area contributed by atoms with Crippen LogP contribution >= 0.6 is 15.9 Å². The van der Waals surface area contributed by atoms with E-state index in [0.717, 1.165) is 11.2 Å². The Hall–Kier alpha value is -0.500. The summed E-state index contributed by atoms with van der Waals surface area (Å²) in [6.07, 6.45) is 4.09. The van der Waals surface area contributed by atoms with Gasteiger partial charge in [0, 0.05) is 24.1 Å². The van der Waals surface area contributed by atoms with Gasteiger partial charge in [0.05, 0.1) is 0 Å². The largest absolute Gasteiger partial charge is 0.371 e. The SMILES string of the molecule is CCCN(CC1CC1)c1ccc(CBr)cc1C. The number of rotatable bonds is 6. The van der Waals surface area contributed by atoms with Gasteiger partial charge in [-0.1, -0.05) is 35.0 Å². The highest BCUT2D eigenvalue weighted by Crippen LogP contribution is 2.32. The Balaban J connectivity index is 2.15. The highest BCUT2D eigenvalue weighted by atomic mass is 79.9. The molecule has 1 fully saturated rings. The van der Waals surface area contributed by atoms with Crippen molar-refractivity contribution in [3.63, 3.8) is 0 Å². The minimum Gasteiger partial charge on any atom is -0.371 e. The Morgan fingerprint density at radius 1 is 1.35 bits per heavy atom. The molecule has 1 saturated carbocycles. The van der Waals surface area contributed by atoms with Crippen LogP contribution in [0.5, 0.6) is 0 Å². The highest BCUT2D eigenvalue weighted by Gasteiger charge is 2.24. The third-order valence-corrected chi connectivity index (χ3v) is 4.07. The van der Waals surface area contributed by atoms with E-state index in [1.807, 2.05) is 0 Å². The average molecular weight is 296 g/mol. The number of nitrogens with zero attached hydrogens (tertiary/aromatic N) is 1. The number of benzene rings is 1. The Labute approximate surface area is 113 Å². The van der Waals surface area contributed by atoms with E-state index < -0.39 is 0 Å². The molecule has 0 aromatic heterocycles. The van der Waals surface area contributed by atoms with Gasteiger partial charge < -0.3 is 4.90 Å². The number of alkyl halides is 1. The van der Waals surface area contributed by atoms with Crippen LogP contribution in [0.4, 0.5) is 5.69 Å². The Bertz CT molecular complexity index is 371. The van der Waals surface area contributed by atoms with Gasteiger partial charge in [-0.05, 0) is 49.3 Å². The molecular weight excluding hydrogens is 274 g/mol. The molecule has 0 radical (unpaired) electrons. The predicted octanol–water partition coefficient (Wildman–Crippen LogP) is 4.52. The molecular formula is C15H22BrN. The zero-order valence-corrected chi connectivity index (χ0v) is 12.5. The van der Waals surface area contributed by atoms with Gasteiger partial charge in [0.25, 0.3) is 0 Å². The van der Waals surface area contributed by atoms with Gasteiger partial charge in [0.1, 0.15) is 0 Å². The van der Waals surface area contributed by atoms with Gasteiger partial charge in [-0.3, -0.25) is 0 Å². The van der Waals surface area contributed by atoms with Crippen LogP contribution in [0.1, 0.15) is 37.3 Å². The Kier molecular flexibility index (Phi) is 4.49. The summed E-state index contributed by atoms with van der Waals surface area (Å²) in [5, 5.41) is 0.949. The molecule has 0 unspecified atom stereocenters. The molecule has 0 atom stereocenters. The van der Waals surface area contributed by atoms with Crippen molar-refractivity contribution in [2.45, 2.75) is 38.4 Å². The molecule has 2 heteroatoms. The lowest BCUT2D eigenvalue weighted by molar-refractivity contribution is 0.706. The second kappa shape index (κ2) is 5.90. The molecule has 0 aliphatic heterocycles. The van der Waals surface area contributed by atoms with Crippen molar-refractivity contribution in [2.24, 2.45) is 5.92 Å². The molecule has 0 N–H and O–H groups in total. The number of hydrogen-bond donors (Lipinski definition) is 0. The van der Waals surface area contributed by atoms with Crippen molar-refractivity contribution in [3.05, 3.63) is 29.3 Å². The van der Waals surface area contributed by atoms with E-state index in [0.29, 0.717) is 0 Å². The lowest BCUT2D eigenvalue weighted by Gasteiger charge is -2.26. The first-order valence-corrected chi connectivity index (χ1v) is 7.77. The Morgan fingerprint density at radius 2 is 2.12 bits per heavy atom. The maximum absolute atomic E-state index is 3.52. The van der Waals surface area contributed by atoms with Gasteiger partial charge in [0.2, 0.25) is 0 Å². The van der Waals surface area contributed by atoms with Gasteiger partial charge in [-0.25, -0.2) is 0 Å². The first-order valence-electron chi connectivity index (χ1n) is 6.65. The zero-order chi connectivity index (χ0) is 12.3. The normalized spacial score (nSPS) is 15.0. The van der Waals surface area contributed by atoms with E-state index in [4.69, 9.17) is 0 Å². The minimum atomic E-state index is 0.949. The van der Waals surface area contributed by atoms with Crippen molar-refractivity contribution < 1.29 is 0 Å². The van der Waals surface area contributed by atoms with Crippen molar-refractivity contribution in [3.8, 4) is 0 Å². The molecule has 94 valence electrons. The summed E-state index contributed by atoms with van der Waals surface area (Å²) < 4.78 is 0. The standard InChI is InChI=1S/C15H22BrN/c1-3-8-17(11-13-4-5-13)15-7-6-14(10-16)9-12(15)2/h6-7,9,13H,3-5,8,10-11H2,1-2H3. The summed E-state index contributed by atoms with van der Waals surface area (Å²) in [4.78, 5) is 2.57. The molecule has 0 spiro atoms. The summed E-state index contributed by atoms with van der Waals surface area (Å²) >= 11 is 3.52. The van der Waals surface area contributed by atoms with E-state index in [1.165, 1.54) is 49.2 Å². The lowest BCUT2D eigenvalue weighted by Crippen LogP contribution is -2.27. The van der Waals surface area contributed by atoms with Crippen LogP contribution < -0.4 is 4.90 Å². The molecule has 1 aromatic carbocycles. The first kappa shape index (κ1) is 12.9. The molecule has 1 aliphatic carbocycles. The fraction of sp³-hybridized carbons (Fsp3) is 0.600. The van der Waals surface area contributed by atoms with Crippen LogP contribution in [0.3, 0.4) is 0 Å². The van der Waals surface area contributed by atoms with Crippen molar-refractivity contribution in [1.29, 1.82) is 0 Å². The number of hydrogen-bond acceptors (Lipinski definition) is 1. The van der Waals surface area contributed by atoms with E-state index in [2.05, 4.69) is 52.9 Å². The van der Waals surface area contributed by atoms with Crippen LogP contribution in [0, 0.1) is 12.8 Å². The van der Waals surface area contributed by atoms with Gasteiger partial charge in [0.15, 0.2) is 0 Å². The van der Waals surface area contributed by atoms with E-state index in [9.17, 15) is 0 Å². The number of halogens is 1. The van der Waals surface area contributed by atoms with Crippen LogP contribution in [-0.2, 0) is 5.33 Å². The van der Waals surface area contributed by atoms with Crippen molar-refractivity contribution >= 4 is 21.6 Å². The zero-order valence-electron chi connectivity index (χ0n) is 10.9. The highest BCUT2D eigenvalue weighted by molar-refractivity contribution is 9.08. The smallest absolute Gasteiger partial charge is 0.0396 e. The molecule has 0 bridgehead atoms. The van der Waals surface area contributed by atoms with Gasteiger partial charge in [-0.2, -0.15) is 0 Å². The van der Waals surface area contributed by atoms with Crippen LogP contribution in [0.2, 0.25) is 0 Å². The minimum absolute atomic E-state index is 0.949. The van der Waals surface area contributed by atoms with Crippen LogP contribution in [-0.4, -0.2) is 13.1 Å². The molecule has 1 aromatic rings. The van der Waals surface area contributed by atoms with Crippen molar-refractivity contribution in [2.75, 3.05) is 18.0 Å².